The van der Waals surface area contributed by atoms with E-state index in [2.05, 4.69) is 34.9 Å². The van der Waals surface area contributed by atoms with Gasteiger partial charge >= 0.3 is 12.1 Å². The molecule has 3 N–H and O–H groups in total. The fraction of sp³-hybridized carbons (Fsp3) is 0.444. The first-order valence-corrected chi connectivity index (χ1v) is 12.1. The van der Waals surface area contributed by atoms with Crippen LogP contribution >= 0.6 is 0 Å². The van der Waals surface area contributed by atoms with Gasteiger partial charge in [-0.2, -0.15) is 0 Å². The molecular weight excluding hydrogens is 432 g/mol. The van der Waals surface area contributed by atoms with Crippen LogP contribution in [-0.2, 0) is 14.3 Å². The number of hydrogen-bond acceptors (Lipinski definition) is 4. The number of rotatable bonds is 8. The summed E-state index contributed by atoms with van der Waals surface area (Å²) in [4.78, 5) is 36.7. The van der Waals surface area contributed by atoms with Gasteiger partial charge in [0.25, 0.3) is 0 Å². The number of hydrogen-bond donors (Lipinski definition) is 3. The highest BCUT2D eigenvalue weighted by Crippen LogP contribution is 2.44. The van der Waals surface area contributed by atoms with E-state index in [1.54, 1.807) is 0 Å². The molecule has 7 nitrogen and oxygen atoms in total. The first kappa shape index (κ1) is 23.8. The molecular formula is C27H32N2O5. The highest BCUT2D eigenvalue weighted by molar-refractivity contribution is 5.86. The summed E-state index contributed by atoms with van der Waals surface area (Å²) in [6, 6.07) is 15.3. The first-order chi connectivity index (χ1) is 16.5. The number of carboxylic acid groups (broad SMARTS) is 1. The Bertz CT molecular complexity index is 1010. The normalized spacial score (nSPS) is 20.0. The van der Waals surface area contributed by atoms with E-state index < -0.39 is 18.1 Å². The molecule has 2 amide bonds. The van der Waals surface area contributed by atoms with Crippen molar-refractivity contribution in [3.63, 3.8) is 0 Å². The van der Waals surface area contributed by atoms with Gasteiger partial charge in [-0.05, 0) is 47.4 Å². The molecule has 1 unspecified atom stereocenters. The number of benzene rings is 2. The maximum atomic E-state index is 12.9. The lowest BCUT2D eigenvalue weighted by atomic mass is 9.82. The quantitative estimate of drug-likeness (QED) is 0.535. The van der Waals surface area contributed by atoms with Gasteiger partial charge in [0.2, 0.25) is 5.91 Å². The Labute approximate surface area is 199 Å². The average molecular weight is 465 g/mol. The smallest absolute Gasteiger partial charge is 0.407 e. The summed E-state index contributed by atoms with van der Waals surface area (Å²) in [6.07, 6.45) is 3.29. The zero-order chi connectivity index (χ0) is 24.1. The molecule has 0 radical (unpaired) electrons. The van der Waals surface area contributed by atoms with Crippen molar-refractivity contribution in [3.05, 3.63) is 59.7 Å². The van der Waals surface area contributed by atoms with Gasteiger partial charge in [0.1, 0.15) is 12.6 Å². The van der Waals surface area contributed by atoms with E-state index in [9.17, 15) is 19.5 Å². The van der Waals surface area contributed by atoms with Crippen LogP contribution in [0.3, 0.4) is 0 Å². The third-order valence-electron chi connectivity index (χ3n) is 7.03. The molecule has 2 aromatic rings. The molecule has 0 spiro atoms. The molecule has 4 rings (SSSR count). The maximum absolute atomic E-state index is 12.9. The van der Waals surface area contributed by atoms with Crippen molar-refractivity contribution >= 4 is 18.0 Å². The lowest BCUT2D eigenvalue weighted by molar-refractivity contribution is -0.139. The Morgan fingerprint density at radius 3 is 2.24 bits per heavy atom. The topological polar surface area (TPSA) is 105 Å². The molecule has 2 aliphatic carbocycles. The third-order valence-corrected chi connectivity index (χ3v) is 7.03. The summed E-state index contributed by atoms with van der Waals surface area (Å²) < 4.78 is 5.58. The summed E-state index contributed by atoms with van der Waals surface area (Å²) in [5, 5.41) is 14.9. The number of carboxylic acids is 1. The van der Waals surface area contributed by atoms with Crippen LogP contribution in [-0.4, -0.2) is 41.8 Å². The Kier molecular flexibility index (Phi) is 7.50. The molecule has 34 heavy (non-hydrogen) atoms. The van der Waals surface area contributed by atoms with Gasteiger partial charge in [-0.3, -0.25) is 9.59 Å². The van der Waals surface area contributed by atoms with Gasteiger partial charge in [0.05, 0.1) is 6.42 Å². The van der Waals surface area contributed by atoms with Crippen molar-refractivity contribution in [2.24, 2.45) is 5.92 Å². The molecule has 180 valence electrons. The summed E-state index contributed by atoms with van der Waals surface area (Å²) in [7, 11) is 0. The summed E-state index contributed by atoms with van der Waals surface area (Å²) in [6.45, 7) is 2.00. The molecule has 7 heteroatoms. The minimum atomic E-state index is -0.852. The van der Waals surface area contributed by atoms with Gasteiger partial charge in [0.15, 0.2) is 0 Å². The SMILES string of the molecule is CCC(NC(=O)OCC1c2ccccc2-c2ccccc21)C(=O)N[C@@H]1CCCC[C@@H]1CC(=O)O. The van der Waals surface area contributed by atoms with Gasteiger partial charge in [-0.25, -0.2) is 4.79 Å². The first-order valence-electron chi connectivity index (χ1n) is 12.1. The van der Waals surface area contributed by atoms with Crippen molar-refractivity contribution in [3.8, 4) is 11.1 Å². The molecule has 0 bridgehead atoms. The van der Waals surface area contributed by atoms with E-state index >= 15 is 0 Å². The van der Waals surface area contributed by atoms with Crippen LogP contribution in [0, 0.1) is 5.92 Å². The highest BCUT2D eigenvalue weighted by Gasteiger charge is 2.32. The third kappa shape index (κ3) is 5.24. The van der Waals surface area contributed by atoms with E-state index in [4.69, 9.17) is 4.74 Å². The van der Waals surface area contributed by atoms with Crippen molar-refractivity contribution in [2.45, 2.75) is 63.5 Å². The zero-order valence-electron chi connectivity index (χ0n) is 19.5. The minimum Gasteiger partial charge on any atom is -0.481 e. The van der Waals surface area contributed by atoms with E-state index in [1.807, 2.05) is 31.2 Å². The fourth-order valence-corrected chi connectivity index (χ4v) is 5.28. The van der Waals surface area contributed by atoms with Crippen molar-refractivity contribution in [2.75, 3.05) is 6.61 Å². The van der Waals surface area contributed by atoms with Gasteiger partial charge in [-0.1, -0.05) is 68.3 Å². The molecule has 2 aromatic carbocycles. The Morgan fingerprint density at radius 2 is 1.62 bits per heavy atom. The fourth-order valence-electron chi connectivity index (χ4n) is 5.28. The number of carbonyl (C=O) groups excluding carboxylic acids is 2. The molecule has 0 aromatic heterocycles. The van der Waals surface area contributed by atoms with Gasteiger partial charge < -0.3 is 20.5 Å². The Morgan fingerprint density at radius 1 is 1.00 bits per heavy atom. The zero-order valence-corrected chi connectivity index (χ0v) is 19.5. The minimum absolute atomic E-state index is 0.0432. The molecule has 2 aliphatic rings. The maximum Gasteiger partial charge on any atom is 0.407 e. The van der Waals surface area contributed by atoms with E-state index in [0.717, 1.165) is 47.9 Å². The number of aliphatic carboxylic acids is 1. The molecule has 1 saturated carbocycles. The van der Waals surface area contributed by atoms with Crippen LogP contribution in [0.2, 0.25) is 0 Å². The predicted octanol–water partition coefficient (Wildman–Crippen LogP) is 4.45. The number of alkyl carbamates (subject to hydrolysis) is 1. The van der Waals surface area contributed by atoms with Crippen LogP contribution in [0.5, 0.6) is 0 Å². The standard InChI is InChI=1S/C27H32N2O5/c1-2-23(26(32)28-24-14-8-3-9-17(24)15-25(30)31)29-27(33)34-16-22-20-12-6-4-10-18(20)19-11-5-7-13-21(19)22/h4-7,10-13,17,22-24H,2-3,8-9,14-16H2,1H3,(H,28,32)(H,29,33)(H,30,31)/t17-,23?,24-/m1/s1. The van der Waals surface area contributed by atoms with Crippen LogP contribution in [0.15, 0.2) is 48.5 Å². The van der Waals surface area contributed by atoms with Crippen LogP contribution in [0.1, 0.15) is 62.5 Å². The van der Waals surface area contributed by atoms with Crippen LogP contribution < -0.4 is 10.6 Å². The van der Waals surface area contributed by atoms with Crippen molar-refractivity contribution < 1.29 is 24.2 Å². The lowest BCUT2D eigenvalue weighted by Gasteiger charge is -2.32. The lowest BCUT2D eigenvalue weighted by Crippen LogP contribution is -2.52. The Balaban J connectivity index is 1.35. The number of fused-ring (bicyclic) bond motifs is 3. The summed E-state index contributed by atoms with van der Waals surface area (Å²) in [5.41, 5.74) is 4.56. The monoisotopic (exact) mass is 464 g/mol. The van der Waals surface area contributed by atoms with E-state index in [0.29, 0.717) is 6.42 Å². The van der Waals surface area contributed by atoms with Crippen LogP contribution in [0.4, 0.5) is 4.79 Å². The number of ether oxygens (including phenoxy) is 1. The number of carbonyl (C=O) groups is 3. The van der Waals surface area contributed by atoms with E-state index in [-0.39, 0.29) is 36.8 Å². The Hall–Kier alpha value is -3.35. The molecule has 0 heterocycles. The van der Waals surface area contributed by atoms with Gasteiger partial charge in [-0.15, -0.1) is 0 Å². The second-order valence-electron chi connectivity index (χ2n) is 9.19. The van der Waals surface area contributed by atoms with Crippen molar-refractivity contribution in [1.82, 2.24) is 10.6 Å². The average Bonchev–Trinajstić information content (AvgIpc) is 3.16. The molecule has 0 saturated heterocycles. The predicted molar refractivity (Wildman–Crippen MR) is 128 cm³/mol. The summed E-state index contributed by atoms with van der Waals surface area (Å²) >= 11 is 0. The number of nitrogens with one attached hydrogen (secondary N) is 2. The summed E-state index contributed by atoms with van der Waals surface area (Å²) in [5.74, 6) is -1.28. The largest absolute Gasteiger partial charge is 0.481 e. The van der Waals surface area contributed by atoms with Crippen molar-refractivity contribution in [1.29, 1.82) is 0 Å². The van der Waals surface area contributed by atoms with Crippen LogP contribution in [0.25, 0.3) is 11.1 Å². The second kappa shape index (κ2) is 10.7. The second-order valence-corrected chi connectivity index (χ2v) is 9.19. The molecule has 0 aliphatic heterocycles. The molecule has 1 fully saturated rings. The van der Waals surface area contributed by atoms with E-state index in [1.165, 1.54) is 0 Å². The number of amides is 2. The highest BCUT2D eigenvalue weighted by atomic mass is 16.5. The molecule has 3 atom stereocenters. The van der Waals surface area contributed by atoms with Gasteiger partial charge in [0, 0.05) is 12.0 Å².